The number of hydrogen-bond donors (Lipinski definition) is 2. The lowest BCUT2D eigenvalue weighted by molar-refractivity contribution is 0.107. The van der Waals surface area contributed by atoms with Crippen LogP contribution in [0.5, 0.6) is 6.01 Å². The van der Waals surface area contributed by atoms with Crippen LogP contribution in [0.1, 0.15) is 37.7 Å². The molecule has 4 saturated heterocycles. The number of fused-ring (bicyclic) bond motifs is 5. The number of piperazine rings is 1. The Morgan fingerprint density at radius 1 is 1.11 bits per heavy atom. The quantitative estimate of drug-likeness (QED) is 0.329. The maximum Gasteiger partial charge on any atom is 0.319 e. The Hall–Kier alpha value is -4.21. The standard InChI is InChI=1S/C32H31F3N8O/c1-2-17-5-3-6-23-24(17)28(39-30(36)38-23)25-22(34)11-21-27(26(25)35)40-31(41-29(21)42-14-19-7-8-20(15-42)37-19)44-16-32-9-4-10-43(32)13-18(33)12-32/h1,3,5-6,11,18-20,37H,4,7-10,12-16H2,(H2,36,38,39)/t18-,19-,20+,32+/m1/s1. The van der Waals surface area contributed by atoms with E-state index < -0.39 is 28.9 Å². The number of rotatable bonds is 5. The van der Waals surface area contributed by atoms with Crippen molar-refractivity contribution in [1.29, 1.82) is 0 Å². The van der Waals surface area contributed by atoms with Gasteiger partial charge in [-0.25, -0.2) is 23.1 Å². The van der Waals surface area contributed by atoms with Gasteiger partial charge in [0.05, 0.1) is 22.3 Å². The van der Waals surface area contributed by atoms with E-state index in [0.29, 0.717) is 48.3 Å². The van der Waals surface area contributed by atoms with Crippen LogP contribution < -0.4 is 20.7 Å². The molecule has 9 nitrogen and oxygen atoms in total. The van der Waals surface area contributed by atoms with E-state index in [1.807, 2.05) is 0 Å². The number of terminal acetylenes is 1. The lowest BCUT2D eigenvalue weighted by atomic mass is 9.95. The first-order valence-electron chi connectivity index (χ1n) is 15.1. The van der Waals surface area contributed by atoms with Gasteiger partial charge in [-0.3, -0.25) is 4.90 Å². The summed E-state index contributed by atoms with van der Waals surface area (Å²) in [5.74, 6) is 1.04. The molecule has 4 fully saturated rings. The second-order valence-corrected chi connectivity index (χ2v) is 12.5. The normalized spacial score (nSPS) is 26.4. The molecule has 0 amide bonds. The number of hydrogen-bond acceptors (Lipinski definition) is 9. The van der Waals surface area contributed by atoms with Gasteiger partial charge in [0.15, 0.2) is 5.82 Å². The molecule has 0 radical (unpaired) electrons. The fourth-order valence-corrected chi connectivity index (χ4v) is 7.80. The van der Waals surface area contributed by atoms with Crippen LogP contribution in [0.2, 0.25) is 0 Å². The number of halogens is 3. The zero-order chi connectivity index (χ0) is 30.2. The number of aromatic nitrogens is 4. The van der Waals surface area contributed by atoms with Gasteiger partial charge in [-0.05, 0) is 50.4 Å². The number of nitrogens with zero attached hydrogens (tertiary/aromatic N) is 6. The molecule has 44 heavy (non-hydrogen) atoms. The highest BCUT2D eigenvalue weighted by atomic mass is 19.1. The summed E-state index contributed by atoms with van der Waals surface area (Å²) in [7, 11) is 0. The van der Waals surface area contributed by atoms with Crippen molar-refractivity contribution < 1.29 is 17.9 Å². The zero-order valence-electron chi connectivity index (χ0n) is 24.0. The van der Waals surface area contributed by atoms with E-state index in [1.165, 1.54) is 6.07 Å². The summed E-state index contributed by atoms with van der Waals surface area (Å²) in [5.41, 5.74) is 5.72. The van der Waals surface area contributed by atoms with E-state index >= 15 is 8.78 Å². The fourth-order valence-electron chi connectivity index (χ4n) is 7.80. The van der Waals surface area contributed by atoms with Gasteiger partial charge < -0.3 is 20.7 Å². The Morgan fingerprint density at radius 3 is 2.73 bits per heavy atom. The Morgan fingerprint density at radius 2 is 1.93 bits per heavy atom. The largest absolute Gasteiger partial charge is 0.461 e. The number of nitrogens with one attached hydrogen (secondary N) is 1. The van der Waals surface area contributed by atoms with Gasteiger partial charge in [0.1, 0.15) is 29.9 Å². The highest BCUT2D eigenvalue weighted by Gasteiger charge is 2.49. The first-order valence-corrected chi connectivity index (χ1v) is 15.1. The van der Waals surface area contributed by atoms with Crippen molar-refractivity contribution in [1.82, 2.24) is 30.2 Å². The van der Waals surface area contributed by atoms with E-state index in [0.717, 1.165) is 32.2 Å². The predicted molar refractivity (Wildman–Crippen MR) is 161 cm³/mol. The lowest BCUT2D eigenvalue weighted by Crippen LogP contribution is -2.51. The van der Waals surface area contributed by atoms with Crippen molar-refractivity contribution >= 4 is 33.6 Å². The van der Waals surface area contributed by atoms with Crippen LogP contribution in [0.15, 0.2) is 24.3 Å². The zero-order valence-corrected chi connectivity index (χ0v) is 24.0. The molecule has 0 spiro atoms. The topological polar surface area (TPSA) is 105 Å². The molecule has 2 aromatic heterocycles. The Balaban J connectivity index is 1.29. The number of nitrogen functional groups attached to an aromatic ring is 1. The van der Waals surface area contributed by atoms with Crippen LogP contribution >= 0.6 is 0 Å². The molecule has 4 aromatic rings. The monoisotopic (exact) mass is 600 g/mol. The summed E-state index contributed by atoms with van der Waals surface area (Å²) in [6.07, 6.45) is 8.99. The summed E-state index contributed by atoms with van der Waals surface area (Å²) in [5, 5.41) is 4.12. The van der Waals surface area contributed by atoms with Crippen molar-refractivity contribution in [2.75, 3.05) is 43.4 Å². The van der Waals surface area contributed by atoms with Crippen LogP contribution in [0, 0.1) is 24.0 Å². The minimum Gasteiger partial charge on any atom is -0.461 e. The van der Waals surface area contributed by atoms with E-state index in [9.17, 15) is 4.39 Å². The molecule has 8 rings (SSSR count). The second kappa shape index (κ2) is 10.2. The first kappa shape index (κ1) is 27.3. The van der Waals surface area contributed by atoms with Crippen molar-refractivity contribution in [3.05, 3.63) is 41.5 Å². The van der Waals surface area contributed by atoms with E-state index in [-0.39, 0.29) is 47.2 Å². The number of anilines is 2. The molecular weight excluding hydrogens is 569 g/mol. The van der Waals surface area contributed by atoms with Crippen molar-refractivity contribution in [3.63, 3.8) is 0 Å². The summed E-state index contributed by atoms with van der Waals surface area (Å²) >= 11 is 0. The molecular formula is C32H31F3N8O. The molecule has 0 aliphatic carbocycles. The molecule has 4 aliphatic heterocycles. The molecule has 6 heterocycles. The fraction of sp³-hybridized carbons (Fsp3) is 0.438. The van der Waals surface area contributed by atoms with Crippen LogP contribution in [-0.2, 0) is 0 Å². The summed E-state index contributed by atoms with van der Waals surface area (Å²) in [6.45, 7) is 2.63. The smallest absolute Gasteiger partial charge is 0.319 e. The van der Waals surface area contributed by atoms with Gasteiger partial charge >= 0.3 is 6.01 Å². The molecule has 0 saturated carbocycles. The average Bonchev–Trinajstić information content (AvgIpc) is 3.65. The highest BCUT2D eigenvalue weighted by molar-refractivity contribution is 6.01. The maximum absolute atomic E-state index is 16.8. The van der Waals surface area contributed by atoms with Crippen molar-refractivity contribution in [3.8, 4) is 29.6 Å². The minimum absolute atomic E-state index is 0.0326. The second-order valence-electron chi connectivity index (χ2n) is 12.5. The van der Waals surface area contributed by atoms with Crippen LogP contribution in [0.25, 0.3) is 33.1 Å². The first-order chi connectivity index (χ1) is 21.3. The van der Waals surface area contributed by atoms with Gasteiger partial charge in [-0.1, -0.05) is 12.0 Å². The third kappa shape index (κ3) is 4.32. The summed E-state index contributed by atoms with van der Waals surface area (Å²) in [4.78, 5) is 21.9. The molecule has 12 heteroatoms. The van der Waals surface area contributed by atoms with Gasteiger partial charge in [0, 0.05) is 54.5 Å². The van der Waals surface area contributed by atoms with E-state index in [2.05, 4.69) is 36.0 Å². The third-order valence-corrected chi connectivity index (χ3v) is 9.72. The molecule has 2 bridgehead atoms. The molecule has 2 aromatic carbocycles. The molecule has 4 aliphatic rings. The Kier molecular flexibility index (Phi) is 6.32. The van der Waals surface area contributed by atoms with E-state index in [4.69, 9.17) is 21.9 Å². The number of nitrogens with two attached hydrogens (primary N) is 1. The van der Waals surface area contributed by atoms with Crippen molar-refractivity contribution in [2.24, 2.45) is 0 Å². The Bertz CT molecular complexity index is 1850. The molecule has 226 valence electrons. The number of ether oxygens (including phenoxy) is 1. The molecule has 3 N–H and O–H groups in total. The third-order valence-electron chi connectivity index (χ3n) is 9.72. The van der Waals surface area contributed by atoms with Gasteiger partial charge in [0.2, 0.25) is 5.95 Å². The Labute approximate surface area is 252 Å². The van der Waals surface area contributed by atoms with Crippen LogP contribution in [0.3, 0.4) is 0 Å². The number of benzene rings is 2. The maximum atomic E-state index is 16.8. The molecule has 0 unspecified atom stereocenters. The minimum atomic E-state index is -0.928. The summed E-state index contributed by atoms with van der Waals surface area (Å²) in [6, 6.07) is 6.74. The number of alkyl halides is 1. The van der Waals surface area contributed by atoms with Crippen molar-refractivity contribution in [2.45, 2.75) is 55.9 Å². The van der Waals surface area contributed by atoms with Gasteiger partial charge in [-0.2, -0.15) is 9.97 Å². The lowest BCUT2D eigenvalue weighted by Gasteiger charge is -2.34. The highest BCUT2D eigenvalue weighted by Crippen LogP contribution is 2.42. The van der Waals surface area contributed by atoms with Crippen LogP contribution in [-0.4, -0.2) is 81.4 Å². The molecule has 4 atom stereocenters. The average molecular weight is 601 g/mol. The van der Waals surface area contributed by atoms with E-state index in [1.54, 1.807) is 18.2 Å². The predicted octanol–water partition coefficient (Wildman–Crippen LogP) is 3.98. The van der Waals surface area contributed by atoms with Gasteiger partial charge in [-0.15, -0.1) is 6.42 Å². The van der Waals surface area contributed by atoms with Crippen LogP contribution in [0.4, 0.5) is 24.9 Å². The summed E-state index contributed by atoms with van der Waals surface area (Å²) < 4.78 is 53.6. The van der Waals surface area contributed by atoms with Gasteiger partial charge in [0.25, 0.3) is 0 Å². The SMILES string of the molecule is C#Cc1cccc2nc(N)nc(-c3c(F)cc4c(N5C[C@H]6CC[C@@H](C5)N6)nc(OC[C@@]56CCCN5C[C@H](F)C6)nc4c3F)c12.